The summed E-state index contributed by atoms with van der Waals surface area (Å²) >= 11 is 3.23. The summed E-state index contributed by atoms with van der Waals surface area (Å²) in [4.78, 5) is 29.3. The van der Waals surface area contributed by atoms with Crippen molar-refractivity contribution in [3.63, 3.8) is 0 Å². The predicted octanol–water partition coefficient (Wildman–Crippen LogP) is 6.01. The molecular weight excluding hydrogens is 454 g/mol. The number of nitrogens with zero attached hydrogens (tertiary/aromatic N) is 1. The quantitative estimate of drug-likeness (QED) is 0.330. The summed E-state index contributed by atoms with van der Waals surface area (Å²) in [5.41, 5.74) is 1.03. The Bertz CT molecular complexity index is 910. The first-order valence-electron chi connectivity index (χ1n) is 11.2. The van der Waals surface area contributed by atoms with Gasteiger partial charge in [0, 0.05) is 16.3 Å². The molecule has 0 unspecified atom stereocenters. The van der Waals surface area contributed by atoms with Crippen molar-refractivity contribution in [3.8, 4) is 0 Å². The standard InChI is InChI=1S/C25H31N3O3S2/c1-2-3-11-21(27-24(29)26-16-20-9-5-4-6-10-20)19-31-25(30)28(17-22-12-7-14-32-22)18-23-13-8-15-33-23/h4-10,12-15,21H,2-3,11,16-19H2,1H3,(H2,26,27,29)/t21-/m1/s1. The van der Waals surface area contributed by atoms with Crippen LogP contribution in [0.5, 0.6) is 0 Å². The van der Waals surface area contributed by atoms with Crippen LogP contribution in [-0.4, -0.2) is 29.7 Å². The number of thiophene rings is 2. The summed E-state index contributed by atoms with van der Waals surface area (Å²) in [5.74, 6) is 0. The second-order valence-corrected chi connectivity index (χ2v) is 9.81. The first-order chi connectivity index (χ1) is 16.1. The van der Waals surface area contributed by atoms with Gasteiger partial charge in [0.1, 0.15) is 6.61 Å². The van der Waals surface area contributed by atoms with Gasteiger partial charge in [-0.05, 0) is 34.9 Å². The van der Waals surface area contributed by atoms with Crippen molar-refractivity contribution in [2.45, 2.75) is 51.9 Å². The summed E-state index contributed by atoms with van der Waals surface area (Å²) in [7, 11) is 0. The molecule has 8 heteroatoms. The summed E-state index contributed by atoms with van der Waals surface area (Å²) in [6.07, 6.45) is 2.32. The molecule has 6 nitrogen and oxygen atoms in total. The molecule has 2 aromatic heterocycles. The van der Waals surface area contributed by atoms with Gasteiger partial charge >= 0.3 is 12.1 Å². The molecule has 33 heavy (non-hydrogen) atoms. The van der Waals surface area contributed by atoms with Gasteiger partial charge in [0.25, 0.3) is 0 Å². The number of hydrogen-bond acceptors (Lipinski definition) is 5. The van der Waals surface area contributed by atoms with Crippen molar-refractivity contribution in [3.05, 3.63) is 80.7 Å². The second kappa shape index (κ2) is 13.6. The minimum atomic E-state index is -0.371. The number of nitrogens with one attached hydrogen (secondary N) is 2. The Morgan fingerprint density at radius 3 is 2.21 bits per heavy atom. The molecule has 176 valence electrons. The summed E-state index contributed by atoms with van der Waals surface area (Å²) in [5, 5.41) is 9.85. The molecule has 3 amide bonds. The first-order valence-corrected chi connectivity index (χ1v) is 12.9. The van der Waals surface area contributed by atoms with Gasteiger partial charge in [0.2, 0.25) is 0 Å². The SMILES string of the molecule is CCCC[C@H](COC(=O)N(Cc1cccs1)Cc1cccs1)NC(=O)NCc1ccccc1. The molecule has 2 N–H and O–H groups in total. The van der Waals surface area contributed by atoms with E-state index in [4.69, 9.17) is 4.74 Å². The number of urea groups is 1. The number of rotatable bonds is 12. The van der Waals surface area contributed by atoms with Crippen molar-refractivity contribution < 1.29 is 14.3 Å². The molecule has 0 aliphatic heterocycles. The molecule has 0 saturated heterocycles. The average Bonchev–Trinajstić information content (AvgIpc) is 3.54. The lowest BCUT2D eigenvalue weighted by Gasteiger charge is -2.24. The lowest BCUT2D eigenvalue weighted by atomic mass is 10.1. The Morgan fingerprint density at radius 1 is 0.970 bits per heavy atom. The Balaban J connectivity index is 1.54. The molecule has 2 heterocycles. The van der Waals surface area contributed by atoms with E-state index in [0.717, 1.165) is 34.6 Å². The lowest BCUT2D eigenvalue weighted by molar-refractivity contribution is 0.0880. The fraction of sp³-hybridized carbons (Fsp3) is 0.360. The Morgan fingerprint density at radius 2 is 1.64 bits per heavy atom. The zero-order valence-electron chi connectivity index (χ0n) is 18.9. The van der Waals surface area contributed by atoms with Gasteiger partial charge in [-0.25, -0.2) is 9.59 Å². The van der Waals surface area contributed by atoms with Crippen molar-refractivity contribution >= 4 is 34.8 Å². The van der Waals surface area contributed by atoms with Gasteiger partial charge in [0.05, 0.1) is 19.1 Å². The van der Waals surface area contributed by atoms with Crippen LogP contribution in [0.3, 0.4) is 0 Å². The first kappa shape index (κ1) is 24.8. The third-order valence-corrected chi connectivity index (χ3v) is 6.78. The van der Waals surface area contributed by atoms with E-state index in [-0.39, 0.29) is 24.8 Å². The van der Waals surface area contributed by atoms with Gasteiger partial charge in [-0.2, -0.15) is 0 Å². The number of hydrogen-bond donors (Lipinski definition) is 2. The van der Waals surface area contributed by atoms with Gasteiger partial charge in [-0.15, -0.1) is 22.7 Å². The summed E-state index contributed by atoms with van der Waals surface area (Å²) < 4.78 is 5.68. The number of carbonyl (C=O) groups is 2. The molecule has 1 atom stereocenters. The average molecular weight is 486 g/mol. The van der Waals surface area contributed by atoms with E-state index in [1.54, 1.807) is 27.6 Å². The van der Waals surface area contributed by atoms with Crippen LogP contribution in [0.2, 0.25) is 0 Å². The van der Waals surface area contributed by atoms with Crippen LogP contribution in [-0.2, 0) is 24.4 Å². The molecule has 0 aliphatic rings. The molecule has 1 aromatic carbocycles. The number of benzene rings is 1. The molecule has 3 rings (SSSR count). The fourth-order valence-corrected chi connectivity index (χ4v) is 4.73. The van der Waals surface area contributed by atoms with E-state index in [9.17, 15) is 9.59 Å². The fourth-order valence-electron chi connectivity index (χ4n) is 3.29. The largest absolute Gasteiger partial charge is 0.447 e. The maximum atomic E-state index is 13.0. The summed E-state index contributed by atoms with van der Waals surface area (Å²) in [6.45, 7) is 3.69. The van der Waals surface area contributed by atoms with E-state index in [1.165, 1.54) is 0 Å². The number of unbranched alkanes of at least 4 members (excludes halogenated alkanes) is 1. The van der Waals surface area contributed by atoms with Gasteiger partial charge < -0.3 is 15.4 Å². The van der Waals surface area contributed by atoms with Crippen LogP contribution in [0, 0.1) is 0 Å². The number of ether oxygens (including phenoxy) is 1. The van der Waals surface area contributed by atoms with E-state index in [2.05, 4.69) is 17.6 Å². The van der Waals surface area contributed by atoms with E-state index < -0.39 is 0 Å². The zero-order chi connectivity index (χ0) is 23.3. The smallest absolute Gasteiger partial charge is 0.410 e. The van der Waals surface area contributed by atoms with Gasteiger partial charge in [0.15, 0.2) is 0 Å². The van der Waals surface area contributed by atoms with Crippen LogP contribution < -0.4 is 10.6 Å². The van der Waals surface area contributed by atoms with Gasteiger partial charge in [-0.1, -0.05) is 62.2 Å². The predicted molar refractivity (Wildman–Crippen MR) is 134 cm³/mol. The highest BCUT2D eigenvalue weighted by Gasteiger charge is 2.20. The van der Waals surface area contributed by atoms with Crippen molar-refractivity contribution in [1.82, 2.24) is 15.5 Å². The van der Waals surface area contributed by atoms with E-state index in [0.29, 0.717) is 19.6 Å². The topological polar surface area (TPSA) is 70.7 Å². The van der Waals surface area contributed by atoms with E-state index in [1.807, 2.05) is 65.4 Å². The van der Waals surface area contributed by atoms with Crippen molar-refractivity contribution in [2.24, 2.45) is 0 Å². The molecule has 0 bridgehead atoms. The molecule has 0 radical (unpaired) electrons. The molecule has 3 aromatic rings. The highest BCUT2D eigenvalue weighted by Crippen LogP contribution is 2.18. The van der Waals surface area contributed by atoms with E-state index >= 15 is 0 Å². The monoisotopic (exact) mass is 485 g/mol. The van der Waals surface area contributed by atoms with Gasteiger partial charge in [-0.3, -0.25) is 4.90 Å². The van der Waals surface area contributed by atoms with Crippen molar-refractivity contribution in [2.75, 3.05) is 6.61 Å². The molecule has 0 fully saturated rings. The van der Waals surface area contributed by atoms with Crippen LogP contribution in [0.4, 0.5) is 9.59 Å². The minimum Gasteiger partial charge on any atom is -0.447 e. The minimum absolute atomic E-state index is 0.142. The third kappa shape index (κ3) is 8.90. The highest BCUT2D eigenvalue weighted by molar-refractivity contribution is 7.10. The lowest BCUT2D eigenvalue weighted by Crippen LogP contribution is -2.45. The van der Waals surface area contributed by atoms with Crippen LogP contribution in [0.25, 0.3) is 0 Å². The second-order valence-electron chi connectivity index (χ2n) is 7.74. The Labute approximate surface area is 203 Å². The summed E-state index contributed by atoms with van der Waals surface area (Å²) in [6, 6.07) is 17.2. The normalized spacial score (nSPS) is 11.5. The Hall–Kier alpha value is -2.84. The molecule has 0 spiro atoms. The molecule has 0 aliphatic carbocycles. The number of carbonyl (C=O) groups excluding carboxylic acids is 2. The van der Waals surface area contributed by atoms with Crippen molar-refractivity contribution in [1.29, 1.82) is 0 Å². The maximum absolute atomic E-state index is 13.0. The van der Waals surface area contributed by atoms with Crippen LogP contribution in [0.1, 0.15) is 41.5 Å². The number of amides is 3. The highest BCUT2D eigenvalue weighted by atomic mass is 32.1. The van der Waals surface area contributed by atoms with Crippen LogP contribution >= 0.6 is 22.7 Å². The zero-order valence-corrected chi connectivity index (χ0v) is 20.5. The van der Waals surface area contributed by atoms with Crippen LogP contribution in [0.15, 0.2) is 65.4 Å². The maximum Gasteiger partial charge on any atom is 0.410 e. The molecular formula is C25H31N3O3S2. The molecule has 0 saturated carbocycles. The third-order valence-electron chi connectivity index (χ3n) is 5.06. The Kier molecular flexibility index (Phi) is 10.3.